The molecule has 0 saturated carbocycles. The lowest BCUT2D eigenvalue weighted by atomic mass is 10.1. The van der Waals surface area contributed by atoms with Gasteiger partial charge in [-0.25, -0.2) is 0 Å². The standard InChI is InChI=1S/C25H19N3O4/c1-30-22-5-3-4-6-23(22)32-19-9-7-18(8-10-19)28-25-17(13-26)14-27-21-11-16(15-29)24(31-2)12-20(21)25/h3-12,14-15H,1-2H3,(H,27,28). The van der Waals surface area contributed by atoms with Gasteiger partial charge in [-0.1, -0.05) is 12.1 Å². The zero-order chi connectivity index (χ0) is 22.5. The molecule has 1 heterocycles. The Morgan fingerprint density at radius 2 is 1.69 bits per heavy atom. The van der Waals surface area contributed by atoms with Crippen molar-refractivity contribution in [3.05, 3.63) is 78.0 Å². The van der Waals surface area contributed by atoms with Crippen molar-refractivity contribution < 1.29 is 19.0 Å². The lowest BCUT2D eigenvalue weighted by Gasteiger charge is -2.14. The summed E-state index contributed by atoms with van der Waals surface area (Å²) in [6, 6.07) is 20.2. The molecule has 4 aromatic rings. The first kappa shape index (κ1) is 20.7. The average Bonchev–Trinajstić information content (AvgIpc) is 2.84. The molecular formula is C25H19N3O4. The molecule has 0 atom stereocenters. The lowest BCUT2D eigenvalue weighted by molar-refractivity contribution is 0.112. The van der Waals surface area contributed by atoms with E-state index in [4.69, 9.17) is 14.2 Å². The quantitative estimate of drug-likeness (QED) is 0.392. The normalized spacial score (nSPS) is 10.3. The molecule has 7 heteroatoms. The third-order valence-electron chi connectivity index (χ3n) is 4.89. The van der Waals surface area contributed by atoms with Crippen molar-refractivity contribution in [3.8, 4) is 29.1 Å². The van der Waals surface area contributed by atoms with E-state index in [0.29, 0.717) is 57.0 Å². The van der Waals surface area contributed by atoms with Gasteiger partial charge in [-0.05, 0) is 48.5 Å². The maximum absolute atomic E-state index is 11.3. The minimum Gasteiger partial charge on any atom is -0.496 e. The number of para-hydroxylation sites is 2. The van der Waals surface area contributed by atoms with Crippen LogP contribution in [-0.2, 0) is 0 Å². The Balaban J connectivity index is 1.67. The second kappa shape index (κ2) is 9.06. The number of hydrogen-bond donors (Lipinski definition) is 1. The molecule has 0 aliphatic carbocycles. The molecule has 0 spiro atoms. The van der Waals surface area contributed by atoms with E-state index in [1.54, 1.807) is 19.2 Å². The monoisotopic (exact) mass is 425 g/mol. The molecule has 0 saturated heterocycles. The molecular weight excluding hydrogens is 406 g/mol. The number of benzene rings is 3. The number of rotatable bonds is 7. The molecule has 0 bridgehead atoms. The first-order valence-electron chi connectivity index (χ1n) is 9.70. The van der Waals surface area contributed by atoms with E-state index in [0.717, 1.165) is 5.69 Å². The number of aromatic nitrogens is 1. The fraction of sp³-hybridized carbons (Fsp3) is 0.0800. The minimum atomic E-state index is 0.368. The van der Waals surface area contributed by atoms with Gasteiger partial charge in [0.2, 0.25) is 0 Å². The number of nitrogens with one attached hydrogen (secondary N) is 1. The van der Waals surface area contributed by atoms with Crippen LogP contribution in [0.1, 0.15) is 15.9 Å². The number of fused-ring (bicyclic) bond motifs is 1. The van der Waals surface area contributed by atoms with Crippen LogP contribution in [-0.4, -0.2) is 25.5 Å². The zero-order valence-corrected chi connectivity index (χ0v) is 17.5. The SMILES string of the molecule is COc1cc2c(Nc3ccc(Oc4ccccc4OC)cc3)c(C#N)cnc2cc1C=O. The molecule has 0 amide bonds. The number of carbonyl (C=O) groups excluding carboxylic acids is 1. The number of pyridine rings is 1. The number of aldehydes is 1. The molecule has 1 aromatic heterocycles. The van der Waals surface area contributed by atoms with Crippen LogP contribution < -0.4 is 19.5 Å². The van der Waals surface area contributed by atoms with E-state index in [1.165, 1.54) is 13.3 Å². The number of hydrogen-bond acceptors (Lipinski definition) is 7. The Morgan fingerprint density at radius 3 is 2.34 bits per heavy atom. The second-order valence-electron chi connectivity index (χ2n) is 6.79. The number of ether oxygens (including phenoxy) is 3. The fourth-order valence-electron chi connectivity index (χ4n) is 3.30. The van der Waals surface area contributed by atoms with Crippen LogP contribution in [0.5, 0.6) is 23.0 Å². The molecule has 32 heavy (non-hydrogen) atoms. The highest BCUT2D eigenvalue weighted by atomic mass is 16.5. The van der Waals surface area contributed by atoms with Crippen molar-refractivity contribution in [2.75, 3.05) is 19.5 Å². The van der Waals surface area contributed by atoms with Gasteiger partial charge in [-0.2, -0.15) is 5.26 Å². The summed E-state index contributed by atoms with van der Waals surface area (Å²) >= 11 is 0. The number of nitrogens with zero attached hydrogens (tertiary/aromatic N) is 2. The van der Waals surface area contributed by atoms with Crippen molar-refractivity contribution in [1.29, 1.82) is 5.26 Å². The van der Waals surface area contributed by atoms with Crippen LogP contribution in [0.25, 0.3) is 10.9 Å². The molecule has 0 unspecified atom stereocenters. The highest BCUT2D eigenvalue weighted by molar-refractivity contribution is 5.99. The molecule has 158 valence electrons. The van der Waals surface area contributed by atoms with E-state index in [1.807, 2.05) is 48.5 Å². The molecule has 0 fully saturated rings. The van der Waals surface area contributed by atoms with Gasteiger partial charge >= 0.3 is 0 Å². The predicted molar refractivity (Wildman–Crippen MR) is 121 cm³/mol. The Hall–Kier alpha value is -4.57. The molecule has 7 nitrogen and oxygen atoms in total. The summed E-state index contributed by atoms with van der Waals surface area (Å²) in [6.45, 7) is 0. The third kappa shape index (κ3) is 4.02. The van der Waals surface area contributed by atoms with Crippen LogP contribution >= 0.6 is 0 Å². The fourth-order valence-corrected chi connectivity index (χ4v) is 3.30. The third-order valence-corrected chi connectivity index (χ3v) is 4.89. The average molecular weight is 425 g/mol. The van der Waals surface area contributed by atoms with Crippen molar-refractivity contribution >= 4 is 28.6 Å². The van der Waals surface area contributed by atoms with Gasteiger partial charge in [-0.3, -0.25) is 9.78 Å². The van der Waals surface area contributed by atoms with Crippen LogP contribution in [0.2, 0.25) is 0 Å². The first-order chi connectivity index (χ1) is 15.7. The number of methoxy groups -OCH3 is 2. The van der Waals surface area contributed by atoms with Crippen LogP contribution in [0.4, 0.5) is 11.4 Å². The Kier molecular flexibility index (Phi) is 5.86. The van der Waals surface area contributed by atoms with Crippen molar-refractivity contribution in [2.45, 2.75) is 0 Å². The van der Waals surface area contributed by atoms with E-state index in [-0.39, 0.29) is 0 Å². The van der Waals surface area contributed by atoms with Crippen LogP contribution in [0, 0.1) is 11.3 Å². The Labute approximate surface area is 184 Å². The number of carbonyl (C=O) groups is 1. The highest BCUT2D eigenvalue weighted by Crippen LogP contribution is 2.35. The number of anilines is 2. The van der Waals surface area contributed by atoms with Gasteiger partial charge in [0, 0.05) is 17.3 Å². The molecule has 3 aromatic carbocycles. The first-order valence-corrected chi connectivity index (χ1v) is 9.70. The highest BCUT2D eigenvalue weighted by Gasteiger charge is 2.14. The van der Waals surface area contributed by atoms with Crippen LogP contribution in [0.3, 0.4) is 0 Å². The van der Waals surface area contributed by atoms with Gasteiger partial charge < -0.3 is 19.5 Å². The Bertz CT molecular complexity index is 1330. The maximum Gasteiger partial charge on any atom is 0.169 e. The summed E-state index contributed by atoms with van der Waals surface area (Å²) in [5.41, 5.74) is 2.66. The largest absolute Gasteiger partial charge is 0.496 e. The molecule has 0 aliphatic rings. The van der Waals surface area contributed by atoms with E-state index in [2.05, 4.69) is 16.4 Å². The number of nitriles is 1. The van der Waals surface area contributed by atoms with E-state index >= 15 is 0 Å². The smallest absolute Gasteiger partial charge is 0.169 e. The van der Waals surface area contributed by atoms with E-state index < -0.39 is 0 Å². The van der Waals surface area contributed by atoms with Gasteiger partial charge in [0.05, 0.1) is 36.6 Å². The minimum absolute atomic E-state index is 0.368. The van der Waals surface area contributed by atoms with Gasteiger partial charge in [0.1, 0.15) is 17.6 Å². The summed E-state index contributed by atoms with van der Waals surface area (Å²) in [4.78, 5) is 15.6. The second-order valence-corrected chi connectivity index (χ2v) is 6.79. The summed E-state index contributed by atoms with van der Waals surface area (Å²) in [7, 11) is 3.08. The zero-order valence-electron chi connectivity index (χ0n) is 17.5. The molecule has 0 aliphatic heterocycles. The van der Waals surface area contributed by atoms with Crippen molar-refractivity contribution in [1.82, 2.24) is 4.98 Å². The summed E-state index contributed by atoms with van der Waals surface area (Å²) < 4.78 is 16.5. The molecule has 0 radical (unpaired) electrons. The van der Waals surface area contributed by atoms with Crippen LogP contribution in [0.15, 0.2) is 66.9 Å². The maximum atomic E-state index is 11.3. The molecule has 1 N–H and O–H groups in total. The molecule has 4 rings (SSSR count). The summed E-state index contributed by atoms with van der Waals surface area (Å²) in [5, 5.41) is 13.5. The van der Waals surface area contributed by atoms with Gasteiger partial charge in [-0.15, -0.1) is 0 Å². The van der Waals surface area contributed by atoms with Crippen molar-refractivity contribution in [2.24, 2.45) is 0 Å². The summed E-state index contributed by atoms with van der Waals surface area (Å²) in [6.07, 6.45) is 2.19. The lowest BCUT2D eigenvalue weighted by Crippen LogP contribution is -1.99. The van der Waals surface area contributed by atoms with Gasteiger partial charge in [0.15, 0.2) is 17.8 Å². The summed E-state index contributed by atoms with van der Waals surface area (Å²) in [5.74, 6) is 2.30. The van der Waals surface area contributed by atoms with E-state index in [9.17, 15) is 10.1 Å². The van der Waals surface area contributed by atoms with Crippen molar-refractivity contribution in [3.63, 3.8) is 0 Å². The predicted octanol–water partition coefficient (Wildman–Crippen LogP) is 5.47. The van der Waals surface area contributed by atoms with Gasteiger partial charge in [0.25, 0.3) is 0 Å². The Morgan fingerprint density at radius 1 is 0.969 bits per heavy atom. The topological polar surface area (TPSA) is 93.5 Å².